The zero-order valence-corrected chi connectivity index (χ0v) is 22.1. The van der Waals surface area contributed by atoms with Crippen molar-refractivity contribution in [2.24, 2.45) is 7.05 Å². The van der Waals surface area contributed by atoms with Crippen LogP contribution in [0.4, 0.5) is 5.69 Å². The number of carbonyl (C=O) groups excluding carboxylic acids is 3. The first kappa shape index (κ1) is 27.7. The van der Waals surface area contributed by atoms with Crippen LogP contribution in [-0.2, 0) is 34.3 Å². The molecule has 0 saturated carbocycles. The predicted octanol–water partition coefficient (Wildman–Crippen LogP) is 3.37. The van der Waals surface area contributed by atoms with Gasteiger partial charge in [0.25, 0.3) is 5.91 Å². The van der Waals surface area contributed by atoms with E-state index in [-0.39, 0.29) is 30.7 Å². The number of hydrogen-bond acceptors (Lipinski definition) is 8. The minimum atomic E-state index is -0.680. The Bertz CT molecular complexity index is 1230. The number of rotatable bonds is 12. The Kier molecular flexibility index (Phi) is 10.1. The third kappa shape index (κ3) is 8.07. The van der Waals surface area contributed by atoms with Gasteiger partial charge in [-0.15, -0.1) is 10.2 Å². The van der Waals surface area contributed by atoms with Crippen molar-refractivity contribution in [3.05, 3.63) is 65.5 Å². The van der Waals surface area contributed by atoms with Crippen LogP contribution in [0.5, 0.6) is 5.75 Å². The van der Waals surface area contributed by atoms with E-state index in [9.17, 15) is 14.4 Å². The second-order valence-corrected chi connectivity index (χ2v) is 9.01. The Hall–Kier alpha value is -3.86. The molecule has 0 aliphatic carbocycles. The fraction of sp³-hybridized carbons (Fsp3) is 0.346. The summed E-state index contributed by atoms with van der Waals surface area (Å²) in [6.07, 6.45) is 0.254. The molecule has 3 rings (SSSR count). The Morgan fingerprint density at radius 2 is 1.84 bits per heavy atom. The summed E-state index contributed by atoms with van der Waals surface area (Å²) >= 11 is 1.21. The van der Waals surface area contributed by atoms with E-state index in [4.69, 9.17) is 9.47 Å². The number of thioether (sulfide) groups is 1. The van der Waals surface area contributed by atoms with Crippen LogP contribution in [-0.4, -0.2) is 51.0 Å². The highest BCUT2D eigenvalue weighted by Gasteiger charge is 2.17. The summed E-state index contributed by atoms with van der Waals surface area (Å²) in [7, 11) is 1.76. The summed E-state index contributed by atoms with van der Waals surface area (Å²) in [4.78, 5) is 36.8. The van der Waals surface area contributed by atoms with Gasteiger partial charge in [-0.05, 0) is 56.2 Å². The number of anilines is 1. The number of benzene rings is 2. The molecule has 0 saturated heterocycles. The number of ether oxygens (including phenoxy) is 2. The first-order chi connectivity index (χ1) is 17.8. The molecule has 1 aromatic heterocycles. The van der Waals surface area contributed by atoms with Crippen molar-refractivity contribution in [1.29, 1.82) is 0 Å². The molecule has 1 heterocycles. The van der Waals surface area contributed by atoms with Gasteiger partial charge in [-0.3, -0.25) is 9.59 Å². The van der Waals surface area contributed by atoms with E-state index in [0.29, 0.717) is 28.0 Å². The third-order valence-electron chi connectivity index (χ3n) is 5.35. The molecule has 2 aromatic carbocycles. The van der Waals surface area contributed by atoms with Gasteiger partial charge in [0.15, 0.2) is 17.1 Å². The lowest BCUT2D eigenvalue weighted by atomic mass is 10.2. The van der Waals surface area contributed by atoms with E-state index in [0.717, 1.165) is 6.42 Å². The van der Waals surface area contributed by atoms with Gasteiger partial charge in [-0.1, -0.05) is 36.9 Å². The van der Waals surface area contributed by atoms with Gasteiger partial charge in [0.05, 0.1) is 24.5 Å². The lowest BCUT2D eigenvalue weighted by molar-refractivity contribution is -0.127. The molecule has 10 nitrogen and oxygen atoms in total. The van der Waals surface area contributed by atoms with Gasteiger partial charge >= 0.3 is 5.97 Å². The molecule has 2 amide bonds. The Morgan fingerprint density at radius 1 is 1.08 bits per heavy atom. The molecule has 0 fully saturated rings. The van der Waals surface area contributed by atoms with Crippen LogP contribution >= 0.6 is 11.8 Å². The van der Waals surface area contributed by atoms with E-state index in [1.165, 1.54) is 17.3 Å². The molecule has 2 N–H and O–H groups in total. The van der Waals surface area contributed by atoms with Gasteiger partial charge in [0, 0.05) is 12.7 Å². The summed E-state index contributed by atoms with van der Waals surface area (Å²) < 4.78 is 12.4. The number of nitrogens with zero attached hydrogens (tertiary/aromatic N) is 3. The van der Waals surface area contributed by atoms with Crippen molar-refractivity contribution in [3.8, 4) is 5.75 Å². The van der Waals surface area contributed by atoms with Crippen molar-refractivity contribution in [2.45, 2.75) is 45.0 Å². The van der Waals surface area contributed by atoms with Crippen LogP contribution in [0.3, 0.4) is 0 Å². The van der Waals surface area contributed by atoms with Crippen LogP contribution in [0, 0.1) is 0 Å². The fourth-order valence-corrected chi connectivity index (χ4v) is 3.99. The zero-order valence-electron chi connectivity index (χ0n) is 21.3. The topological polar surface area (TPSA) is 124 Å². The summed E-state index contributed by atoms with van der Waals surface area (Å²) in [6.45, 7) is 5.93. The van der Waals surface area contributed by atoms with Crippen molar-refractivity contribution in [3.63, 3.8) is 0 Å². The van der Waals surface area contributed by atoms with E-state index < -0.39 is 12.1 Å². The molecule has 0 aliphatic heterocycles. The lowest BCUT2D eigenvalue weighted by Gasteiger charge is -2.15. The second-order valence-electron chi connectivity index (χ2n) is 8.07. The standard InChI is InChI=1S/C26H31N5O5S/c1-5-18-10-12-21(13-11-18)36-17(3)24(33)27-15-22-29-30-26(31(22)4)37-16-23(32)28-20-9-7-8-19(14-20)25(34)35-6-2/h7-14,17H,5-6,15-16H2,1-4H3,(H,27,33)(H,28,32)/t17-/m0/s1. The molecular weight excluding hydrogens is 494 g/mol. The Morgan fingerprint density at radius 3 is 2.54 bits per heavy atom. The van der Waals surface area contributed by atoms with E-state index in [1.807, 2.05) is 24.3 Å². The van der Waals surface area contributed by atoms with E-state index >= 15 is 0 Å². The summed E-state index contributed by atoms with van der Waals surface area (Å²) in [5.74, 6) is 0.270. The van der Waals surface area contributed by atoms with Crippen LogP contribution in [0.25, 0.3) is 0 Å². The first-order valence-electron chi connectivity index (χ1n) is 11.9. The van der Waals surface area contributed by atoms with Crippen molar-refractivity contribution in [2.75, 3.05) is 17.7 Å². The molecule has 196 valence electrons. The van der Waals surface area contributed by atoms with Crippen LogP contribution < -0.4 is 15.4 Å². The van der Waals surface area contributed by atoms with Gasteiger partial charge in [0.1, 0.15) is 5.75 Å². The molecule has 0 unspecified atom stereocenters. The van der Waals surface area contributed by atoms with Gasteiger partial charge in [-0.2, -0.15) is 0 Å². The van der Waals surface area contributed by atoms with Crippen LogP contribution in [0.15, 0.2) is 53.7 Å². The molecule has 0 aliphatic rings. The largest absolute Gasteiger partial charge is 0.481 e. The Balaban J connectivity index is 1.47. The first-order valence-corrected chi connectivity index (χ1v) is 12.9. The fourth-order valence-electron chi connectivity index (χ4n) is 3.26. The highest BCUT2D eigenvalue weighted by molar-refractivity contribution is 7.99. The maximum atomic E-state index is 12.5. The van der Waals surface area contributed by atoms with Gasteiger partial charge in [0.2, 0.25) is 5.91 Å². The molecule has 0 spiro atoms. The number of esters is 1. The number of hydrogen-bond donors (Lipinski definition) is 2. The number of aromatic nitrogens is 3. The molecule has 0 radical (unpaired) electrons. The SMILES string of the molecule is CCOC(=O)c1cccc(NC(=O)CSc2nnc(CNC(=O)[C@H](C)Oc3ccc(CC)cc3)n2C)c1. The molecule has 1 atom stereocenters. The van der Waals surface area contributed by atoms with Crippen LogP contribution in [0.1, 0.15) is 42.5 Å². The molecular formula is C26H31N5O5S. The van der Waals surface area contributed by atoms with Crippen molar-refractivity contribution >= 4 is 35.2 Å². The highest BCUT2D eigenvalue weighted by Crippen LogP contribution is 2.18. The van der Waals surface area contributed by atoms with Gasteiger partial charge in [-0.25, -0.2) is 4.79 Å². The number of carbonyl (C=O) groups is 3. The minimum Gasteiger partial charge on any atom is -0.481 e. The summed E-state index contributed by atoms with van der Waals surface area (Å²) in [5, 5.41) is 14.3. The monoisotopic (exact) mass is 525 g/mol. The summed E-state index contributed by atoms with van der Waals surface area (Å²) in [6, 6.07) is 14.2. The molecule has 0 bridgehead atoms. The average Bonchev–Trinajstić information content (AvgIpc) is 3.25. The average molecular weight is 526 g/mol. The van der Waals surface area contributed by atoms with Crippen molar-refractivity contribution in [1.82, 2.24) is 20.1 Å². The Labute approximate surface area is 220 Å². The normalized spacial score (nSPS) is 11.5. The predicted molar refractivity (Wildman–Crippen MR) is 141 cm³/mol. The second kappa shape index (κ2) is 13.4. The number of nitrogens with one attached hydrogen (secondary N) is 2. The maximum absolute atomic E-state index is 12.5. The zero-order chi connectivity index (χ0) is 26.8. The minimum absolute atomic E-state index is 0.0870. The van der Waals surface area contributed by atoms with Crippen molar-refractivity contribution < 1.29 is 23.9 Å². The highest BCUT2D eigenvalue weighted by atomic mass is 32.2. The number of amides is 2. The van der Waals surface area contributed by atoms with E-state index in [1.54, 1.807) is 49.7 Å². The lowest BCUT2D eigenvalue weighted by Crippen LogP contribution is -2.36. The number of aryl methyl sites for hydroxylation is 1. The smallest absolute Gasteiger partial charge is 0.338 e. The van der Waals surface area contributed by atoms with Crippen LogP contribution in [0.2, 0.25) is 0 Å². The molecule has 37 heavy (non-hydrogen) atoms. The maximum Gasteiger partial charge on any atom is 0.338 e. The molecule has 11 heteroatoms. The third-order valence-corrected chi connectivity index (χ3v) is 6.37. The van der Waals surface area contributed by atoms with E-state index in [2.05, 4.69) is 27.8 Å². The molecule has 3 aromatic rings. The van der Waals surface area contributed by atoms with Gasteiger partial charge < -0.3 is 24.7 Å². The quantitative estimate of drug-likeness (QED) is 0.272. The summed E-state index contributed by atoms with van der Waals surface area (Å²) in [5.41, 5.74) is 2.05.